The Morgan fingerprint density at radius 2 is 2.22 bits per heavy atom. The molecule has 0 aliphatic heterocycles. The first-order valence-corrected chi connectivity index (χ1v) is 10.2. The topological polar surface area (TPSA) is 95.9 Å². The zero-order valence-corrected chi connectivity index (χ0v) is 16.6. The van der Waals surface area contributed by atoms with Gasteiger partial charge in [-0.25, -0.2) is 14.8 Å². The first kappa shape index (κ1) is 17.9. The van der Waals surface area contributed by atoms with Crippen molar-refractivity contribution in [3.63, 3.8) is 0 Å². The van der Waals surface area contributed by atoms with Gasteiger partial charge in [-0.1, -0.05) is 13.8 Å². The number of hydrogen-bond acceptors (Lipinski definition) is 7. The van der Waals surface area contributed by atoms with E-state index in [9.17, 15) is 4.79 Å². The molecule has 0 spiro atoms. The van der Waals surface area contributed by atoms with E-state index in [0.29, 0.717) is 18.2 Å². The highest BCUT2D eigenvalue weighted by molar-refractivity contribution is 7.18. The third-order valence-electron chi connectivity index (χ3n) is 5.00. The van der Waals surface area contributed by atoms with E-state index >= 15 is 0 Å². The number of nitrogens with two attached hydrogens (primary N) is 1. The molecule has 0 amide bonds. The number of aryl methyl sites for hydroxylation is 2. The highest BCUT2D eigenvalue weighted by Crippen LogP contribution is 2.40. The number of fused-ring (bicyclic) bond motifs is 3. The molecule has 3 heterocycles. The fourth-order valence-corrected chi connectivity index (χ4v) is 4.97. The van der Waals surface area contributed by atoms with Crippen LogP contribution < -0.4 is 5.73 Å². The number of rotatable bonds is 4. The van der Waals surface area contributed by atoms with Gasteiger partial charge in [-0.05, 0) is 37.7 Å². The number of carbonyl (C=O) groups is 1. The van der Waals surface area contributed by atoms with Gasteiger partial charge < -0.3 is 10.5 Å². The van der Waals surface area contributed by atoms with E-state index in [1.54, 1.807) is 22.9 Å². The molecule has 0 saturated heterocycles. The van der Waals surface area contributed by atoms with Crippen molar-refractivity contribution in [1.82, 2.24) is 19.7 Å². The van der Waals surface area contributed by atoms with Crippen molar-refractivity contribution < 1.29 is 9.53 Å². The number of anilines is 1. The van der Waals surface area contributed by atoms with Crippen LogP contribution in [0.4, 0.5) is 5.82 Å². The van der Waals surface area contributed by atoms with Gasteiger partial charge in [0.2, 0.25) is 0 Å². The third-order valence-corrected chi connectivity index (χ3v) is 6.15. The van der Waals surface area contributed by atoms with Gasteiger partial charge in [-0.15, -0.1) is 11.3 Å². The Morgan fingerprint density at radius 3 is 2.96 bits per heavy atom. The lowest BCUT2D eigenvalue weighted by Gasteiger charge is -2.18. The summed E-state index contributed by atoms with van der Waals surface area (Å²) in [6, 6.07) is 0. The van der Waals surface area contributed by atoms with Gasteiger partial charge in [0.25, 0.3) is 0 Å². The maximum atomic E-state index is 12.1. The Morgan fingerprint density at radius 1 is 1.41 bits per heavy atom. The van der Waals surface area contributed by atoms with Gasteiger partial charge >= 0.3 is 5.97 Å². The van der Waals surface area contributed by atoms with Crippen LogP contribution in [0.3, 0.4) is 0 Å². The average molecular weight is 385 g/mol. The van der Waals surface area contributed by atoms with Gasteiger partial charge in [0.05, 0.1) is 18.2 Å². The third kappa shape index (κ3) is 2.97. The van der Waals surface area contributed by atoms with Crippen LogP contribution in [-0.2, 0) is 24.0 Å². The van der Waals surface area contributed by atoms with Gasteiger partial charge in [-0.2, -0.15) is 9.78 Å². The summed E-state index contributed by atoms with van der Waals surface area (Å²) in [6.45, 7) is 6.36. The lowest BCUT2D eigenvalue weighted by molar-refractivity contribution is 0.0527. The summed E-state index contributed by atoms with van der Waals surface area (Å²) < 4.78 is 6.63. The molecule has 3 aromatic rings. The Kier molecular flexibility index (Phi) is 4.59. The standard InChI is InChI=1S/C19H23N5O2S/c1-4-14-22-17(24-16(20)12(9-21-24)19(25)26-5-2)15-11-7-6-10(3)8-13(11)27-18(15)23-14/h9-10H,4-8,20H2,1-3H3. The number of esters is 1. The minimum Gasteiger partial charge on any atom is -0.462 e. The van der Waals surface area contributed by atoms with Crippen LogP contribution in [0.1, 0.15) is 53.8 Å². The lowest BCUT2D eigenvalue weighted by Crippen LogP contribution is -2.12. The summed E-state index contributed by atoms with van der Waals surface area (Å²) in [6.07, 6.45) is 5.39. The number of aromatic nitrogens is 4. The molecule has 3 aromatic heterocycles. The van der Waals surface area contributed by atoms with Gasteiger partial charge in [0.1, 0.15) is 22.0 Å². The number of hydrogen-bond donors (Lipinski definition) is 1. The van der Waals surface area contributed by atoms with Gasteiger partial charge in [-0.3, -0.25) is 0 Å². The summed E-state index contributed by atoms with van der Waals surface area (Å²) >= 11 is 1.74. The van der Waals surface area contributed by atoms with Crippen molar-refractivity contribution in [3.05, 3.63) is 28.0 Å². The largest absolute Gasteiger partial charge is 0.462 e. The Labute approximate surface area is 161 Å². The molecule has 27 heavy (non-hydrogen) atoms. The zero-order chi connectivity index (χ0) is 19.1. The van der Waals surface area contributed by atoms with E-state index < -0.39 is 5.97 Å². The summed E-state index contributed by atoms with van der Waals surface area (Å²) in [5.41, 5.74) is 7.83. The maximum absolute atomic E-state index is 12.1. The van der Waals surface area contributed by atoms with Crippen LogP contribution in [0.15, 0.2) is 6.20 Å². The van der Waals surface area contributed by atoms with Crippen molar-refractivity contribution >= 4 is 33.3 Å². The molecule has 0 radical (unpaired) electrons. The van der Waals surface area contributed by atoms with E-state index in [0.717, 1.165) is 35.3 Å². The van der Waals surface area contributed by atoms with E-state index in [4.69, 9.17) is 20.4 Å². The normalized spacial score (nSPS) is 16.5. The molecule has 0 saturated carbocycles. The van der Waals surface area contributed by atoms with Crippen molar-refractivity contribution in [3.8, 4) is 5.82 Å². The number of thiophene rings is 1. The highest BCUT2D eigenvalue weighted by atomic mass is 32.1. The SMILES string of the molecule is CCOC(=O)c1cnn(-c2nc(CC)nc3sc4c(c23)CCC(C)C4)c1N. The van der Waals surface area contributed by atoms with Crippen molar-refractivity contribution in [2.24, 2.45) is 5.92 Å². The molecule has 4 rings (SSSR count). The van der Waals surface area contributed by atoms with E-state index in [-0.39, 0.29) is 18.0 Å². The predicted octanol–water partition coefficient (Wildman–Crippen LogP) is 3.32. The van der Waals surface area contributed by atoms with Crippen LogP contribution in [0.5, 0.6) is 0 Å². The molecule has 8 heteroatoms. The monoisotopic (exact) mass is 385 g/mol. The zero-order valence-electron chi connectivity index (χ0n) is 15.8. The van der Waals surface area contributed by atoms with Gasteiger partial charge in [0.15, 0.2) is 5.82 Å². The van der Waals surface area contributed by atoms with Crippen LogP contribution in [0.2, 0.25) is 0 Å². The maximum Gasteiger partial charge on any atom is 0.343 e. The number of nitrogens with zero attached hydrogens (tertiary/aromatic N) is 4. The molecule has 0 fully saturated rings. The first-order chi connectivity index (χ1) is 13.0. The van der Waals surface area contributed by atoms with Crippen molar-refractivity contribution in [1.29, 1.82) is 0 Å². The molecule has 142 valence electrons. The number of carbonyl (C=O) groups excluding carboxylic acids is 1. The highest BCUT2D eigenvalue weighted by Gasteiger charge is 2.26. The molecule has 1 atom stereocenters. The van der Waals surface area contributed by atoms with Gasteiger partial charge in [0, 0.05) is 11.3 Å². The van der Waals surface area contributed by atoms with Crippen LogP contribution in [0, 0.1) is 5.92 Å². The molecular weight excluding hydrogens is 362 g/mol. The molecule has 1 unspecified atom stereocenters. The quantitative estimate of drug-likeness (QED) is 0.692. The van der Waals surface area contributed by atoms with Crippen LogP contribution in [-0.4, -0.2) is 32.3 Å². The Balaban J connectivity index is 1.92. The smallest absolute Gasteiger partial charge is 0.343 e. The molecule has 1 aliphatic carbocycles. The number of nitrogen functional groups attached to an aromatic ring is 1. The average Bonchev–Trinajstić information content (AvgIpc) is 3.20. The van der Waals surface area contributed by atoms with Crippen LogP contribution >= 0.6 is 11.3 Å². The molecule has 0 bridgehead atoms. The predicted molar refractivity (Wildman–Crippen MR) is 105 cm³/mol. The van der Waals surface area contributed by atoms with Crippen molar-refractivity contribution in [2.45, 2.75) is 46.5 Å². The number of ether oxygens (including phenoxy) is 1. The Hall–Kier alpha value is -2.48. The molecule has 2 N–H and O–H groups in total. The van der Waals surface area contributed by atoms with Crippen molar-refractivity contribution in [2.75, 3.05) is 12.3 Å². The minimum atomic E-state index is -0.469. The second kappa shape index (κ2) is 6.92. The fraction of sp³-hybridized carbons (Fsp3) is 0.474. The minimum absolute atomic E-state index is 0.250. The molecule has 7 nitrogen and oxygen atoms in total. The first-order valence-electron chi connectivity index (χ1n) is 9.35. The summed E-state index contributed by atoms with van der Waals surface area (Å²) in [5, 5.41) is 5.38. The molecular formula is C19H23N5O2S. The summed E-state index contributed by atoms with van der Waals surface area (Å²) in [5.74, 6) is 1.87. The van der Waals surface area contributed by atoms with Crippen LogP contribution in [0.25, 0.3) is 16.0 Å². The fourth-order valence-electron chi connectivity index (χ4n) is 3.57. The molecule has 1 aliphatic rings. The summed E-state index contributed by atoms with van der Waals surface area (Å²) in [4.78, 5) is 24.0. The van der Waals surface area contributed by atoms with E-state index in [1.165, 1.54) is 16.6 Å². The molecule has 0 aromatic carbocycles. The second-order valence-corrected chi connectivity index (χ2v) is 8.01. The second-order valence-electron chi connectivity index (χ2n) is 6.92. The van der Waals surface area contributed by atoms with E-state index in [2.05, 4.69) is 12.0 Å². The van der Waals surface area contributed by atoms with E-state index in [1.807, 2.05) is 6.92 Å². The lowest BCUT2D eigenvalue weighted by atomic mass is 9.89. The Bertz CT molecular complexity index is 1020. The summed E-state index contributed by atoms with van der Waals surface area (Å²) in [7, 11) is 0.